The van der Waals surface area contributed by atoms with Crippen LogP contribution in [0.2, 0.25) is 13.6 Å². The van der Waals surface area contributed by atoms with Gasteiger partial charge in [-0.25, -0.2) is 0 Å². The summed E-state index contributed by atoms with van der Waals surface area (Å²) in [6, 6.07) is 0. The lowest BCUT2D eigenvalue weighted by Crippen LogP contribution is -2.30. The van der Waals surface area contributed by atoms with Gasteiger partial charge in [-0.2, -0.15) is 0 Å². The Balaban J connectivity index is 2.99. The van der Waals surface area contributed by atoms with Crippen LogP contribution in [0.5, 0.6) is 0 Å². The van der Waals surface area contributed by atoms with Gasteiger partial charge in [0.15, 0.2) is 0 Å². The average molecular weight is 77.3 g/mol. The molecule has 0 N–H and O–H groups in total. The van der Waals surface area contributed by atoms with Gasteiger partial charge < -0.3 is 0 Å². The third kappa shape index (κ3) is 2.49. The molecule has 0 saturated heterocycles. The highest BCUT2D eigenvalue weighted by atomic mass is 13.2. The monoisotopic (exact) mass is 78.1 g/mol. The topological polar surface area (TPSA) is 0 Å². The van der Waals surface area contributed by atoms with Gasteiger partial charge in [0.1, 0.15) is 0 Å². The number of rotatable bonds is 1. The summed E-state index contributed by atoms with van der Waals surface area (Å²) in [5.74, 6) is 0. The van der Waals surface area contributed by atoms with Crippen LogP contribution in [0, 0.1) is 0 Å². The predicted molar refractivity (Wildman–Crippen MR) is 40.3 cm³/mol. The van der Waals surface area contributed by atoms with Gasteiger partial charge in [-0.3, -0.25) is 0 Å². The normalized spacial score (nSPS) is 7.67. The predicted octanol–water partition coefficient (Wildman–Crippen LogP) is -1.43. The third-order valence-electron chi connectivity index (χ3n) is 1.33. The Labute approximate surface area is 43.0 Å². The van der Waals surface area contributed by atoms with Crippen LogP contribution in [0.25, 0.3) is 0 Å². The summed E-state index contributed by atoms with van der Waals surface area (Å²) in [5.41, 5.74) is 0. The van der Waals surface area contributed by atoms with Gasteiger partial charge >= 0.3 is 0 Å². The lowest BCUT2D eigenvalue weighted by molar-refractivity contribution is 2.10. The van der Waals surface area contributed by atoms with E-state index in [4.69, 9.17) is 0 Å². The van der Waals surface area contributed by atoms with E-state index in [2.05, 4.69) is 29.1 Å². The fourth-order valence-corrected chi connectivity index (χ4v) is 0. The molecule has 0 saturated carbocycles. The van der Waals surface area contributed by atoms with Crippen LogP contribution < -0.4 is 0 Å². The molecule has 0 aliphatic carbocycles. The minimum atomic E-state index is 0.852. The fourth-order valence-electron chi connectivity index (χ4n) is 0. The lowest BCUT2D eigenvalue weighted by Gasteiger charge is -1.97. The molecule has 6 heavy (non-hydrogen) atoms. The molecular weight excluding hydrogens is 67.3 g/mol. The summed E-state index contributed by atoms with van der Waals surface area (Å²) >= 11 is 0. The quantitative estimate of drug-likeness (QED) is 0.337. The molecule has 0 unspecified atom stereocenters. The van der Waals surface area contributed by atoms with Crippen molar-refractivity contribution in [2.45, 2.75) is 13.6 Å². The smallest absolute Gasteiger partial charge is 0.0850 e. The van der Waals surface area contributed by atoms with Crippen molar-refractivity contribution in [3.8, 4) is 0 Å². The van der Waals surface area contributed by atoms with E-state index in [1.54, 1.807) is 0 Å². The molecule has 0 aromatic carbocycles. The Kier molecular flexibility index (Phi) is 2.54. The highest BCUT2D eigenvalue weighted by Gasteiger charge is 2.04. The average Bonchev–Trinajstić information content (AvgIpc) is 1.36. The highest BCUT2D eigenvalue weighted by Crippen LogP contribution is 1.76. The summed E-state index contributed by atoms with van der Waals surface area (Å²) in [4.78, 5) is 0. The molecule has 4 heteroatoms. The van der Waals surface area contributed by atoms with Crippen LogP contribution in [-0.4, -0.2) is 28.5 Å². The summed E-state index contributed by atoms with van der Waals surface area (Å²) in [7, 11) is 4.48. The van der Waals surface area contributed by atoms with Gasteiger partial charge in [-0.05, 0) is 0 Å². The summed E-state index contributed by atoms with van der Waals surface area (Å²) in [6.07, 6.45) is 0.852. The molecule has 0 heterocycles. The van der Waals surface area contributed by atoms with Crippen molar-refractivity contribution in [1.82, 2.24) is 0 Å². The minimum Gasteiger partial charge on any atom is -0.0937 e. The van der Waals surface area contributed by atoms with E-state index in [-0.39, 0.29) is 0 Å². The molecule has 0 aliphatic rings. The molecule has 0 aromatic heterocycles. The van der Waals surface area contributed by atoms with E-state index >= 15 is 0 Å². The van der Waals surface area contributed by atoms with Crippen LogP contribution in [0.15, 0.2) is 0 Å². The third-order valence-corrected chi connectivity index (χ3v) is 1.33. The summed E-state index contributed by atoms with van der Waals surface area (Å²) < 4.78 is 0. The van der Waals surface area contributed by atoms with Crippen molar-refractivity contribution in [1.29, 1.82) is 0 Å². The maximum Gasteiger partial charge on any atom is 0.0850 e. The SMILES string of the molecule is BB(B)B(C)C. The molecule has 0 spiro atoms. The fraction of sp³-hybridized carbons (Fsp3) is 1.00. The first-order chi connectivity index (χ1) is 2.64. The second kappa shape index (κ2) is 2.44. The zero-order valence-corrected chi connectivity index (χ0v) is 5.15. The highest BCUT2D eigenvalue weighted by molar-refractivity contribution is 7.57. The van der Waals surface area contributed by atoms with Gasteiger partial charge in [0.05, 0.1) is 22.1 Å². The van der Waals surface area contributed by atoms with Crippen molar-refractivity contribution in [2.24, 2.45) is 0 Å². The Morgan fingerprint density at radius 3 is 1.33 bits per heavy atom. The maximum absolute atomic E-state index is 2.24. The van der Waals surface area contributed by atoms with E-state index in [9.17, 15) is 0 Å². The number of hydrogen-bond acceptors (Lipinski definition) is 0. The minimum absolute atomic E-state index is 0.852. The Bertz CT molecular complexity index is 26.5. The van der Waals surface area contributed by atoms with E-state index in [1.165, 1.54) is 0 Å². The van der Waals surface area contributed by atoms with Crippen LogP contribution in [-0.2, 0) is 0 Å². The molecule has 0 fully saturated rings. The molecule has 0 amide bonds. The summed E-state index contributed by atoms with van der Waals surface area (Å²) in [6.45, 7) is 5.33. The second-order valence-corrected chi connectivity index (χ2v) is 2.49. The van der Waals surface area contributed by atoms with E-state index in [0.717, 1.165) is 13.0 Å². The molecule has 30 valence electrons. The van der Waals surface area contributed by atoms with Gasteiger partial charge in [0, 0.05) is 6.39 Å². The van der Waals surface area contributed by atoms with E-state index in [1.807, 2.05) is 0 Å². The second-order valence-electron chi connectivity index (χ2n) is 2.49. The Morgan fingerprint density at radius 1 is 1.17 bits per heavy atom. The van der Waals surface area contributed by atoms with Gasteiger partial charge in [0.25, 0.3) is 0 Å². The van der Waals surface area contributed by atoms with Gasteiger partial charge in [-0.1, -0.05) is 13.6 Å². The van der Waals surface area contributed by atoms with Crippen LogP contribution in [0.4, 0.5) is 0 Å². The Morgan fingerprint density at radius 2 is 1.33 bits per heavy atom. The lowest BCUT2D eigenvalue weighted by atomic mass is 8.93. The molecule has 0 aromatic rings. The van der Waals surface area contributed by atoms with E-state index < -0.39 is 0 Å². The van der Waals surface area contributed by atoms with Crippen molar-refractivity contribution in [2.75, 3.05) is 0 Å². The first-order valence-electron chi connectivity index (χ1n) is 2.64. The first-order valence-corrected chi connectivity index (χ1v) is 2.64. The molecule has 0 bridgehead atoms. The molecule has 0 radical (unpaired) electrons. The van der Waals surface area contributed by atoms with Gasteiger partial charge in [0.2, 0.25) is 0 Å². The van der Waals surface area contributed by atoms with Crippen LogP contribution >= 0.6 is 0 Å². The molecular formula is C2H10B4. The standard InChI is InChI=1S/C2H10B4/c1-5(2)6(3)4/h3-4H2,1-2H3. The zero-order chi connectivity index (χ0) is 5.15. The van der Waals surface area contributed by atoms with Crippen molar-refractivity contribution >= 4 is 28.5 Å². The molecule has 0 rings (SSSR count). The zero-order valence-electron chi connectivity index (χ0n) is 5.15. The van der Waals surface area contributed by atoms with Crippen molar-refractivity contribution in [3.63, 3.8) is 0 Å². The van der Waals surface area contributed by atoms with Crippen LogP contribution in [0.1, 0.15) is 0 Å². The maximum atomic E-state index is 2.24. The number of hydrogen-bond donors (Lipinski definition) is 0. The van der Waals surface area contributed by atoms with Crippen molar-refractivity contribution < 1.29 is 0 Å². The first kappa shape index (κ1) is 6.26. The van der Waals surface area contributed by atoms with Crippen LogP contribution in [0.3, 0.4) is 0 Å². The van der Waals surface area contributed by atoms with E-state index in [0.29, 0.717) is 0 Å². The largest absolute Gasteiger partial charge is 0.0937 e. The molecule has 0 atom stereocenters. The Hall–Kier alpha value is 0.260. The van der Waals surface area contributed by atoms with Crippen molar-refractivity contribution in [3.05, 3.63) is 0 Å². The molecule has 0 aliphatic heterocycles. The van der Waals surface area contributed by atoms with Gasteiger partial charge in [-0.15, -0.1) is 0 Å². The summed E-state index contributed by atoms with van der Waals surface area (Å²) in [5, 5.41) is 0. The molecule has 0 nitrogen and oxygen atoms in total.